The predicted octanol–water partition coefficient (Wildman–Crippen LogP) is 9.36. The molecule has 0 saturated heterocycles. The maximum Gasteiger partial charge on any atom is 0.336 e. The molecule has 236 valence electrons. The number of ether oxygens (including phenoxy) is 3. The summed E-state index contributed by atoms with van der Waals surface area (Å²) < 4.78 is 22.9. The first-order chi connectivity index (χ1) is 21.7. The maximum absolute atomic E-state index is 11.4. The summed E-state index contributed by atoms with van der Waals surface area (Å²) in [5, 5.41) is 9.74. The van der Waals surface area contributed by atoms with Gasteiger partial charge in [-0.15, -0.1) is 0 Å². The quantitative estimate of drug-likeness (QED) is 0.0715. The zero-order valence-corrected chi connectivity index (χ0v) is 26.0. The fourth-order valence-corrected chi connectivity index (χ4v) is 5.20. The summed E-state index contributed by atoms with van der Waals surface area (Å²) in [4.78, 5) is 11.4. The Hall–Kier alpha value is -3.77. The highest BCUT2D eigenvalue weighted by Gasteiger charge is 2.03. The summed E-state index contributed by atoms with van der Waals surface area (Å²) in [6, 6.07) is 25.4. The monoisotopic (exact) mass is 600 g/mol. The van der Waals surface area contributed by atoms with Crippen molar-refractivity contribution in [1.82, 2.24) is 0 Å². The van der Waals surface area contributed by atoms with E-state index >= 15 is 0 Å². The van der Waals surface area contributed by atoms with Crippen LogP contribution in [0.25, 0.3) is 22.1 Å². The fourth-order valence-electron chi connectivity index (χ4n) is 5.20. The minimum absolute atomic E-state index is 0.275. The smallest absolute Gasteiger partial charge is 0.336 e. The molecule has 0 radical (unpaired) electrons. The van der Waals surface area contributed by atoms with E-state index in [0.717, 1.165) is 67.8 Å². The fraction of sp³-hybridized carbons (Fsp3) is 0.447. The van der Waals surface area contributed by atoms with E-state index in [4.69, 9.17) is 23.7 Å². The van der Waals surface area contributed by atoms with Crippen LogP contribution in [0.3, 0.4) is 0 Å². The van der Waals surface area contributed by atoms with Crippen LogP contribution < -0.4 is 19.8 Å². The van der Waals surface area contributed by atoms with Gasteiger partial charge in [0.25, 0.3) is 0 Å². The van der Waals surface area contributed by atoms with Gasteiger partial charge in [-0.25, -0.2) is 4.79 Å². The molecule has 3 aromatic carbocycles. The van der Waals surface area contributed by atoms with Gasteiger partial charge < -0.3 is 23.7 Å². The Labute approximate surface area is 262 Å². The minimum atomic E-state index is -0.340. The molecule has 0 bridgehead atoms. The lowest BCUT2D eigenvalue weighted by atomic mass is 10.1. The highest BCUT2D eigenvalue weighted by molar-refractivity contribution is 5.77. The molecule has 4 rings (SSSR count). The van der Waals surface area contributed by atoms with Crippen molar-refractivity contribution < 1.29 is 23.7 Å². The topological polar surface area (TPSA) is 78.1 Å². The van der Waals surface area contributed by atoms with E-state index in [0.29, 0.717) is 18.8 Å². The summed E-state index contributed by atoms with van der Waals surface area (Å²) >= 11 is 0. The van der Waals surface area contributed by atoms with E-state index in [-0.39, 0.29) is 12.2 Å². The number of rotatable bonds is 22. The molecule has 0 amide bonds. The Morgan fingerprint density at radius 1 is 0.477 bits per heavy atom. The number of benzene rings is 3. The lowest BCUT2D eigenvalue weighted by Crippen LogP contribution is -1.98. The summed E-state index contributed by atoms with van der Waals surface area (Å²) in [7, 11) is 0. The van der Waals surface area contributed by atoms with Crippen molar-refractivity contribution in [2.75, 3.05) is 26.4 Å². The second kappa shape index (κ2) is 19.5. The molecule has 0 spiro atoms. The van der Waals surface area contributed by atoms with Crippen molar-refractivity contribution >= 4 is 11.0 Å². The van der Waals surface area contributed by atoms with Gasteiger partial charge in [-0.1, -0.05) is 75.6 Å². The molecule has 1 heterocycles. The summed E-state index contributed by atoms with van der Waals surface area (Å²) in [5.74, 6) is 2.57. The van der Waals surface area contributed by atoms with Crippen LogP contribution in [0, 0.1) is 0 Å². The van der Waals surface area contributed by atoms with E-state index in [1.54, 1.807) is 12.1 Å². The van der Waals surface area contributed by atoms with Gasteiger partial charge >= 0.3 is 5.63 Å². The highest BCUT2D eigenvalue weighted by Crippen LogP contribution is 2.25. The third-order valence-electron chi connectivity index (χ3n) is 7.78. The highest BCUT2D eigenvalue weighted by atomic mass is 16.5. The average Bonchev–Trinajstić information content (AvgIpc) is 3.05. The molecule has 0 aliphatic heterocycles. The van der Waals surface area contributed by atoms with Crippen molar-refractivity contribution in [1.29, 1.82) is 0 Å². The van der Waals surface area contributed by atoms with Crippen LogP contribution in [0.4, 0.5) is 0 Å². The van der Waals surface area contributed by atoms with E-state index < -0.39 is 0 Å². The van der Waals surface area contributed by atoms with Gasteiger partial charge in [0, 0.05) is 24.1 Å². The Bertz CT molecular complexity index is 1390. The van der Waals surface area contributed by atoms with Crippen LogP contribution in [0.5, 0.6) is 17.2 Å². The molecular formula is C38H48O6. The SMILES string of the molecule is O=c1ccc2ccc(OCCCCCCCCCCCOc3ccc(-c4ccc(OCCCCCCO)cc4)cc3)cc2o1. The van der Waals surface area contributed by atoms with Crippen LogP contribution >= 0.6 is 0 Å². The third-order valence-corrected chi connectivity index (χ3v) is 7.78. The second-order valence-corrected chi connectivity index (χ2v) is 11.4. The van der Waals surface area contributed by atoms with Gasteiger partial charge in [-0.2, -0.15) is 0 Å². The predicted molar refractivity (Wildman–Crippen MR) is 178 cm³/mol. The molecule has 1 aromatic heterocycles. The van der Waals surface area contributed by atoms with Crippen LogP contribution in [-0.2, 0) is 0 Å². The van der Waals surface area contributed by atoms with E-state index in [1.807, 2.05) is 24.3 Å². The Balaban J connectivity index is 0.971. The summed E-state index contributed by atoms with van der Waals surface area (Å²) in [5.41, 5.74) is 2.56. The van der Waals surface area contributed by atoms with E-state index in [2.05, 4.69) is 36.4 Å². The first-order valence-corrected chi connectivity index (χ1v) is 16.4. The van der Waals surface area contributed by atoms with Crippen LogP contribution in [-0.4, -0.2) is 31.5 Å². The molecule has 6 heteroatoms. The number of aliphatic hydroxyl groups is 1. The van der Waals surface area contributed by atoms with Gasteiger partial charge in [0.15, 0.2) is 0 Å². The molecule has 4 aromatic rings. The molecule has 0 fully saturated rings. The lowest BCUT2D eigenvalue weighted by molar-refractivity contribution is 0.273. The standard InChI is InChI=1S/C38H48O6/c39-26-10-6-9-13-28-42-35-22-16-32(17-23-35)31-14-20-34(21-15-31)41-27-11-7-4-2-1-3-5-8-12-29-43-36-24-18-33-19-25-38(40)44-37(33)30-36/h14-25,30,39H,1-13,26-29H2. The molecule has 0 unspecified atom stereocenters. The van der Waals surface area contributed by atoms with Crippen LogP contribution in [0.15, 0.2) is 88.1 Å². The molecule has 0 saturated carbocycles. The first-order valence-electron chi connectivity index (χ1n) is 16.4. The zero-order chi connectivity index (χ0) is 30.7. The number of fused-ring (bicyclic) bond motifs is 1. The Kier molecular flexibility index (Phi) is 14.7. The third kappa shape index (κ3) is 12.1. The minimum Gasteiger partial charge on any atom is -0.494 e. The van der Waals surface area contributed by atoms with Gasteiger partial charge in [-0.05, 0) is 85.7 Å². The number of hydrogen-bond acceptors (Lipinski definition) is 6. The number of hydrogen-bond donors (Lipinski definition) is 1. The zero-order valence-electron chi connectivity index (χ0n) is 26.0. The largest absolute Gasteiger partial charge is 0.494 e. The summed E-state index contributed by atoms with van der Waals surface area (Å²) in [6.07, 6.45) is 14.8. The van der Waals surface area contributed by atoms with Crippen molar-refractivity contribution in [3.63, 3.8) is 0 Å². The molecular weight excluding hydrogens is 552 g/mol. The van der Waals surface area contributed by atoms with Crippen LogP contribution in [0.2, 0.25) is 0 Å². The molecule has 0 aliphatic rings. The van der Waals surface area contributed by atoms with Crippen LogP contribution in [0.1, 0.15) is 83.5 Å². The van der Waals surface area contributed by atoms with Gasteiger partial charge in [0.05, 0.1) is 19.8 Å². The van der Waals surface area contributed by atoms with Gasteiger partial charge in [0.1, 0.15) is 22.8 Å². The van der Waals surface area contributed by atoms with Crippen molar-refractivity contribution in [2.24, 2.45) is 0 Å². The normalized spacial score (nSPS) is 11.1. The van der Waals surface area contributed by atoms with E-state index in [9.17, 15) is 4.79 Å². The molecule has 0 aliphatic carbocycles. The van der Waals surface area contributed by atoms with E-state index in [1.165, 1.54) is 62.1 Å². The lowest BCUT2D eigenvalue weighted by Gasteiger charge is -2.09. The van der Waals surface area contributed by atoms with Gasteiger partial charge in [-0.3, -0.25) is 0 Å². The Morgan fingerprint density at radius 3 is 1.39 bits per heavy atom. The van der Waals surface area contributed by atoms with Crippen molar-refractivity contribution in [3.8, 4) is 28.4 Å². The van der Waals surface area contributed by atoms with Gasteiger partial charge in [0.2, 0.25) is 0 Å². The average molecular weight is 601 g/mol. The second-order valence-electron chi connectivity index (χ2n) is 11.4. The first kappa shape index (κ1) is 33.1. The Morgan fingerprint density at radius 2 is 0.886 bits per heavy atom. The van der Waals surface area contributed by atoms with Crippen molar-refractivity contribution in [2.45, 2.75) is 83.5 Å². The molecule has 0 atom stereocenters. The number of unbranched alkanes of at least 4 members (excludes halogenated alkanes) is 11. The molecule has 44 heavy (non-hydrogen) atoms. The maximum atomic E-state index is 11.4. The molecule has 6 nitrogen and oxygen atoms in total. The van der Waals surface area contributed by atoms with Crippen molar-refractivity contribution in [3.05, 3.63) is 89.3 Å². The summed E-state index contributed by atoms with van der Waals surface area (Å²) in [6.45, 7) is 2.43. The molecule has 1 N–H and O–H groups in total. The number of aliphatic hydroxyl groups excluding tert-OH is 1.